The Morgan fingerprint density at radius 1 is 1.00 bits per heavy atom. The van der Waals surface area contributed by atoms with Crippen LogP contribution < -0.4 is 4.74 Å². The van der Waals surface area contributed by atoms with Crippen molar-refractivity contribution in [1.82, 2.24) is 0 Å². The summed E-state index contributed by atoms with van der Waals surface area (Å²) in [6.45, 7) is 4.50. The van der Waals surface area contributed by atoms with E-state index in [0.717, 1.165) is 17.8 Å². The summed E-state index contributed by atoms with van der Waals surface area (Å²) >= 11 is 0. The number of halogens is 1. The number of hydrogen-bond donors (Lipinski definition) is 0. The molecule has 2 fully saturated rings. The molecule has 3 rings (SSSR count). The predicted octanol–water partition coefficient (Wildman–Crippen LogP) is 7.46. The minimum Gasteiger partial charge on any atom is -0.491 e. The molecule has 0 saturated heterocycles. The quantitative estimate of drug-likeness (QED) is 0.423. The second kappa shape index (κ2) is 10.9. The fourth-order valence-corrected chi connectivity index (χ4v) is 5.53. The molecular formula is C26H37FO2. The zero-order valence-corrected chi connectivity index (χ0v) is 18.2. The number of ether oxygens (including phenoxy) is 1. The van der Waals surface area contributed by atoms with Gasteiger partial charge < -0.3 is 4.74 Å². The van der Waals surface area contributed by atoms with Gasteiger partial charge in [0, 0.05) is 0 Å². The van der Waals surface area contributed by atoms with E-state index in [4.69, 9.17) is 4.74 Å². The van der Waals surface area contributed by atoms with Crippen LogP contribution in [0.1, 0.15) is 94.0 Å². The molecule has 2 aliphatic rings. The first-order valence-electron chi connectivity index (χ1n) is 11.7. The van der Waals surface area contributed by atoms with Crippen molar-refractivity contribution in [3.8, 4) is 5.75 Å². The predicted molar refractivity (Wildman–Crippen MR) is 118 cm³/mol. The van der Waals surface area contributed by atoms with E-state index in [2.05, 4.69) is 13.0 Å². The molecule has 0 radical (unpaired) electrons. The van der Waals surface area contributed by atoms with Gasteiger partial charge in [-0.3, -0.25) is 4.79 Å². The van der Waals surface area contributed by atoms with Gasteiger partial charge in [0.25, 0.3) is 0 Å². The zero-order valence-electron chi connectivity index (χ0n) is 18.2. The third-order valence-corrected chi connectivity index (χ3v) is 7.22. The van der Waals surface area contributed by atoms with Crippen molar-refractivity contribution in [2.45, 2.75) is 78.1 Å². The van der Waals surface area contributed by atoms with Gasteiger partial charge in [-0.2, -0.15) is 0 Å². The van der Waals surface area contributed by atoms with Gasteiger partial charge in [-0.25, -0.2) is 4.39 Å². The van der Waals surface area contributed by atoms with E-state index in [1.54, 1.807) is 19.1 Å². The molecule has 0 amide bonds. The molecule has 29 heavy (non-hydrogen) atoms. The molecule has 160 valence electrons. The Hall–Kier alpha value is -1.64. The van der Waals surface area contributed by atoms with Gasteiger partial charge in [-0.05, 0) is 80.8 Å². The molecule has 2 aliphatic carbocycles. The van der Waals surface area contributed by atoms with Crippen molar-refractivity contribution < 1.29 is 13.9 Å². The third kappa shape index (κ3) is 5.71. The van der Waals surface area contributed by atoms with Gasteiger partial charge >= 0.3 is 0 Å². The third-order valence-electron chi connectivity index (χ3n) is 7.22. The van der Waals surface area contributed by atoms with Gasteiger partial charge in [0.05, 0.1) is 12.2 Å². The van der Waals surface area contributed by atoms with Crippen LogP contribution in [0.15, 0.2) is 18.2 Å². The average Bonchev–Trinajstić information content (AvgIpc) is 2.75. The maximum absolute atomic E-state index is 14.4. The molecule has 0 N–H and O–H groups in total. The highest BCUT2D eigenvalue weighted by Crippen LogP contribution is 2.42. The molecule has 0 aliphatic heterocycles. The molecule has 2 nitrogen and oxygen atoms in total. The summed E-state index contributed by atoms with van der Waals surface area (Å²) in [5, 5.41) is 0. The van der Waals surface area contributed by atoms with Crippen molar-refractivity contribution in [1.29, 1.82) is 0 Å². The van der Waals surface area contributed by atoms with Crippen molar-refractivity contribution in [3.63, 3.8) is 0 Å². The largest absolute Gasteiger partial charge is 0.491 e. The van der Waals surface area contributed by atoms with Gasteiger partial charge in [-0.1, -0.05) is 50.8 Å². The van der Waals surface area contributed by atoms with Crippen molar-refractivity contribution in [2.24, 2.45) is 23.7 Å². The van der Waals surface area contributed by atoms with Crippen molar-refractivity contribution >= 4 is 12.4 Å². The first-order chi connectivity index (χ1) is 14.2. The number of benzene rings is 1. The van der Waals surface area contributed by atoms with Crippen LogP contribution in [0, 0.1) is 29.5 Å². The summed E-state index contributed by atoms with van der Waals surface area (Å²) in [6, 6.07) is 3.41. The van der Waals surface area contributed by atoms with Gasteiger partial charge in [0.2, 0.25) is 0 Å². The molecule has 3 heteroatoms. The molecule has 1 aromatic rings. The smallest absolute Gasteiger partial charge is 0.176 e. The van der Waals surface area contributed by atoms with E-state index in [9.17, 15) is 9.18 Å². The minimum atomic E-state index is -0.550. The number of allylic oxidation sites excluding steroid dienone is 1. The van der Waals surface area contributed by atoms with Crippen LogP contribution in [0.4, 0.5) is 4.39 Å². The monoisotopic (exact) mass is 400 g/mol. The van der Waals surface area contributed by atoms with Crippen LogP contribution >= 0.6 is 0 Å². The molecule has 0 spiro atoms. The van der Waals surface area contributed by atoms with Crippen LogP contribution in [0.5, 0.6) is 5.75 Å². The minimum absolute atomic E-state index is 0.102. The molecule has 2 saturated carbocycles. The lowest BCUT2D eigenvalue weighted by Gasteiger charge is -2.37. The fourth-order valence-electron chi connectivity index (χ4n) is 5.53. The summed E-state index contributed by atoms with van der Waals surface area (Å²) in [4.78, 5) is 11.4. The summed E-state index contributed by atoms with van der Waals surface area (Å²) in [5.41, 5.74) is 0.752. The second-order valence-electron chi connectivity index (χ2n) is 9.03. The number of hydrogen-bond acceptors (Lipinski definition) is 2. The Morgan fingerprint density at radius 3 is 2.24 bits per heavy atom. The Balaban J connectivity index is 1.53. The van der Waals surface area contributed by atoms with Crippen LogP contribution in [-0.2, 0) is 0 Å². The highest BCUT2D eigenvalue weighted by atomic mass is 19.1. The number of carbonyl (C=O) groups is 1. The molecule has 0 bridgehead atoms. The van der Waals surface area contributed by atoms with Gasteiger partial charge in [0.1, 0.15) is 0 Å². The molecule has 0 heterocycles. The summed E-state index contributed by atoms with van der Waals surface area (Å²) in [6.07, 6.45) is 18.3. The van der Waals surface area contributed by atoms with Gasteiger partial charge in [0.15, 0.2) is 17.9 Å². The summed E-state index contributed by atoms with van der Waals surface area (Å²) in [7, 11) is 0. The number of rotatable bonds is 8. The fraction of sp³-hybridized carbons (Fsp3) is 0.654. The van der Waals surface area contributed by atoms with Crippen LogP contribution in [0.25, 0.3) is 6.08 Å². The molecule has 1 aromatic carbocycles. The first kappa shape index (κ1) is 22.1. The Morgan fingerprint density at radius 2 is 1.66 bits per heavy atom. The van der Waals surface area contributed by atoms with Crippen molar-refractivity contribution in [2.75, 3.05) is 6.61 Å². The second-order valence-corrected chi connectivity index (χ2v) is 9.03. The Kier molecular flexibility index (Phi) is 8.32. The highest BCUT2D eigenvalue weighted by molar-refractivity contribution is 5.83. The molecular weight excluding hydrogens is 363 g/mol. The Labute approximate surface area is 175 Å². The standard InChI is InChI=1S/C26H37FO2/c1-3-5-19-6-11-21(12-7-19)22-13-8-20(9-14-22)10-15-23-16-17-25(29-4-2)26(27)24(23)18-28/h10,15-22H,3-9,11-14H2,1-2H3. The van der Waals surface area contributed by atoms with Crippen LogP contribution in [0.2, 0.25) is 0 Å². The highest BCUT2D eigenvalue weighted by Gasteiger charge is 2.30. The van der Waals surface area contributed by atoms with Crippen molar-refractivity contribution in [3.05, 3.63) is 35.2 Å². The first-order valence-corrected chi connectivity index (χ1v) is 11.7. The van der Waals surface area contributed by atoms with Crippen LogP contribution in [-0.4, -0.2) is 12.9 Å². The molecule has 0 atom stereocenters. The van der Waals surface area contributed by atoms with E-state index in [1.165, 1.54) is 64.2 Å². The molecule has 0 aromatic heterocycles. The lowest BCUT2D eigenvalue weighted by atomic mass is 9.68. The Bertz CT molecular complexity index is 680. The van der Waals surface area contributed by atoms with E-state index < -0.39 is 5.82 Å². The number of aldehydes is 1. The van der Waals surface area contributed by atoms with E-state index >= 15 is 0 Å². The van der Waals surface area contributed by atoms with Gasteiger partial charge in [-0.15, -0.1) is 0 Å². The average molecular weight is 401 g/mol. The molecule has 0 unspecified atom stereocenters. The maximum Gasteiger partial charge on any atom is 0.176 e. The lowest BCUT2D eigenvalue weighted by molar-refractivity contribution is 0.111. The lowest BCUT2D eigenvalue weighted by Crippen LogP contribution is -2.25. The maximum atomic E-state index is 14.4. The van der Waals surface area contributed by atoms with E-state index in [-0.39, 0.29) is 11.3 Å². The van der Waals surface area contributed by atoms with E-state index in [1.807, 2.05) is 6.08 Å². The zero-order chi connectivity index (χ0) is 20.6. The SMILES string of the molecule is CCCC1CCC(C2CCC(C=Cc3ccc(OCC)c(F)c3C=O)CC2)CC1. The topological polar surface area (TPSA) is 26.3 Å². The van der Waals surface area contributed by atoms with E-state index in [0.29, 0.717) is 24.4 Å². The van der Waals surface area contributed by atoms with Crippen LogP contribution in [0.3, 0.4) is 0 Å². The summed E-state index contributed by atoms with van der Waals surface area (Å²) < 4.78 is 19.7. The summed E-state index contributed by atoms with van der Waals surface area (Å²) in [5.74, 6) is 2.96. The number of carbonyl (C=O) groups excluding carboxylic acids is 1. The normalized spacial score (nSPS) is 27.8.